The number of nitrogens with one attached hydrogen (secondary N) is 2. The van der Waals surface area contributed by atoms with Crippen LogP contribution in [0.25, 0.3) is 0 Å². The Hall–Kier alpha value is -3.11. The van der Waals surface area contributed by atoms with Crippen molar-refractivity contribution in [1.29, 1.82) is 0 Å². The third-order valence-electron chi connectivity index (χ3n) is 7.92. The number of nitrogen functional groups attached to an aromatic ring is 1. The molecule has 3 rings (SSSR count). The summed E-state index contributed by atoms with van der Waals surface area (Å²) in [4.78, 5) is 7.38. The van der Waals surface area contributed by atoms with E-state index in [0.29, 0.717) is 50.4 Å². The van der Waals surface area contributed by atoms with Crippen molar-refractivity contribution in [3.05, 3.63) is 71.7 Å². The number of aromatic hydroxyl groups is 1. The summed E-state index contributed by atoms with van der Waals surface area (Å²) in [6.45, 7) is 4.87. The largest absolute Gasteiger partial charge is 0.504 e. The molecule has 2 aromatic heterocycles. The number of benzene rings is 1. The molecule has 0 radical (unpaired) electrons. The number of aryl methyl sites for hydroxylation is 1. The number of unbranched alkanes of at least 4 members (excludes halogenated alkanes) is 1. The van der Waals surface area contributed by atoms with Crippen LogP contribution in [0.3, 0.4) is 0 Å². The van der Waals surface area contributed by atoms with Gasteiger partial charge in [-0.1, -0.05) is 25.8 Å². The highest BCUT2D eigenvalue weighted by Crippen LogP contribution is 2.30. The Balaban J connectivity index is 1.47. The number of aliphatic hydroxyl groups is 3. The number of ether oxygens (including phenoxy) is 1. The van der Waals surface area contributed by atoms with Gasteiger partial charge in [-0.15, -0.1) is 0 Å². The number of aromatic amines is 1. The van der Waals surface area contributed by atoms with Crippen LogP contribution in [0.15, 0.2) is 54.9 Å². The minimum atomic E-state index is -0.630. The minimum Gasteiger partial charge on any atom is -0.504 e. The van der Waals surface area contributed by atoms with Gasteiger partial charge in [0.2, 0.25) is 0 Å². The molecule has 0 aliphatic heterocycles. The van der Waals surface area contributed by atoms with E-state index in [1.807, 2.05) is 36.5 Å². The topological polar surface area (TPSA) is 157 Å². The molecular weight excluding hydrogens is 544 g/mol. The number of nitrogens with two attached hydrogens (primary N) is 1. The maximum Gasteiger partial charge on any atom is 0.161 e. The van der Waals surface area contributed by atoms with Crippen LogP contribution in [-0.2, 0) is 12.8 Å². The molecule has 0 aliphatic rings. The Morgan fingerprint density at radius 3 is 2.53 bits per heavy atom. The first-order chi connectivity index (χ1) is 20.7. The van der Waals surface area contributed by atoms with Crippen molar-refractivity contribution in [3.8, 4) is 11.5 Å². The minimum absolute atomic E-state index is 0.0793. The van der Waals surface area contributed by atoms with Gasteiger partial charge in [-0.3, -0.25) is 0 Å². The zero-order valence-corrected chi connectivity index (χ0v) is 25.8. The molecule has 8 N–H and O–H groups in total. The zero-order valence-electron chi connectivity index (χ0n) is 25.8. The highest BCUT2D eigenvalue weighted by Gasteiger charge is 2.17. The molecule has 0 spiro atoms. The van der Waals surface area contributed by atoms with Gasteiger partial charge in [0, 0.05) is 30.7 Å². The van der Waals surface area contributed by atoms with Crippen LogP contribution in [-0.4, -0.2) is 67.9 Å². The number of phenols is 1. The number of hydrogen-bond donors (Lipinski definition) is 7. The van der Waals surface area contributed by atoms with Gasteiger partial charge in [-0.05, 0) is 112 Å². The summed E-state index contributed by atoms with van der Waals surface area (Å²) < 4.78 is 6.04. The van der Waals surface area contributed by atoms with Gasteiger partial charge < -0.3 is 41.2 Å². The fourth-order valence-corrected chi connectivity index (χ4v) is 5.42. The van der Waals surface area contributed by atoms with Crippen molar-refractivity contribution in [2.45, 2.75) is 108 Å². The average Bonchev–Trinajstić information content (AvgIpc) is 3.49. The van der Waals surface area contributed by atoms with Gasteiger partial charge in [0.05, 0.1) is 24.9 Å². The predicted molar refractivity (Wildman–Crippen MR) is 171 cm³/mol. The molecule has 5 atom stereocenters. The van der Waals surface area contributed by atoms with Gasteiger partial charge in [0.25, 0.3) is 0 Å². The van der Waals surface area contributed by atoms with E-state index in [0.717, 1.165) is 55.3 Å². The van der Waals surface area contributed by atoms with Crippen LogP contribution in [0.2, 0.25) is 0 Å². The van der Waals surface area contributed by atoms with Crippen LogP contribution in [0.5, 0.6) is 11.5 Å². The number of pyridine rings is 1. The number of rotatable bonds is 21. The summed E-state index contributed by atoms with van der Waals surface area (Å²) in [5.74, 6) is 1.14. The summed E-state index contributed by atoms with van der Waals surface area (Å²) >= 11 is 0. The van der Waals surface area contributed by atoms with Crippen LogP contribution >= 0.6 is 0 Å². The SMILES string of the molecule is CCCCC(CCC(O)CC(O)CCc1ccc(O)c(OCCC(Cc2ccc[nH]2)c2ccnc(N)c2)c1)NCC(C)O. The van der Waals surface area contributed by atoms with Crippen molar-refractivity contribution in [3.63, 3.8) is 0 Å². The zero-order chi connectivity index (χ0) is 31.0. The third kappa shape index (κ3) is 13.0. The van der Waals surface area contributed by atoms with E-state index >= 15 is 0 Å². The van der Waals surface area contributed by atoms with Crippen LogP contribution < -0.4 is 15.8 Å². The Morgan fingerprint density at radius 2 is 1.81 bits per heavy atom. The van der Waals surface area contributed by atoms with Crippen molar-refractivity contribution >= 4 is 5.82 Å². The summed E-state index contributed by atoms with van der Waals surface area (Å²) in [6.07, 6.45) is 9.58. The Bertz CT molecular complexity index is 1170. The van der Waals surface area contributed by atoms with E-state index in [2.05, 4.69) is 28.3 Å². The molecule has 3 aromatic rings. The van der Waals surface area contributed by atoms with E-state index in [-0.39, 0.29) is 17.7 Å². The summed E-state index contributed by atoms with van der Waals surface area (Å²) in [6, 6.07) is 13.5. The van der Waals surface area contributed by atoms with Crippen LogP contribution in [0, 0.1) is 0 Å². The van der Waals surface area contributed by atoms with E-state index in [1.54, 1.807) is 19.2 Å². The monoisotopic (exact) mass is 596 g/mol. The molecule has 43 heavy (non-hydrogen) atoms. The van der Waals surface area contributed by atoms with Crippen molar-refractivity contribution in [2.75, 3.05) is 18.9 Å². The lowest BCUT2D eigenvalue weighted by molar-refractivity contribution is 0.0678. The molecule has 0 saturated heterocycles. The second-order valence-electron chi connectivity index (χ2n) is 11.8. The van der Waals surface area contributed by atoms with Gasteiger partial charge in [0.15, 0.2) is 11.5 Å². The van der Waals surface area contributed by atoms with Gasteiger partial charge in [-0.25, -0.2) is 4.98 Å². The number of aliphatic hydroxyl groups excluding tert-OH is 3. The Kier molecular flexibility index (Phi) is 14.8. The average molecular weight is 597 g/mol. The second kappa shape index (κ2) is 18.5. The lowest BCUT2D eigenvalue weighted by Gasteiger charge is -2.22. The fourth-order valence-electron chi connectivity index (χ4n) is 5.42. The molecule has 9 heteroatoms. The maximum atomic E-state index is 10.6. The van der Waals surface area contributed by atoms with E-state index in [9.17, 15) is 20.4 Å². The molecule has 0 aliphatic carbocycles. The van der Waals surface area contributed by atoms with Crippen molar-refractivity contribution < 1.29 is 25.2 Å². The third-order valence-corrected chi connectivity index (χ3v) is 7.92. The number of aromatic nitrogens is 2. The number of phenolic OH excluding ortho intramolecular Hbond substituents is 1. The van der Waals surface area contributed by atoms with Crippen LogP contribution in [0.1, 0.15) is 88.0 Å². The Morgan fingerprint density at radius 1 is 1.00 bits per heavy atom. The smallest absolute Gasteiger partial charge is 0.161 e. The van der Waals surface area contributed by atoms with Gasteiger partial charge >= 0.3 is 0 Å². The standard InChI is InChI=1S/C34H52N4O5/c1-3-4-6-28(38-23-24(2)39)10-12-31(41)22-30(40)11-8-25-9-13-32(42)33(19-25)43-18-15-27(20-29-7-5-16-36-29)26-14-17-37-34(35)21-26/h5,7,9,13-14,16-17,19,21,24,27-28,30-31,36,38-42H,3-4,6,8,10-12,15,18,20,22-23H2,1-2H3,(H2,35,37). The molecule has 1 aromatic carbocycles. The van der Waals surface area contributed by atoms with E-state index < -0.39 is 18.3 Å². The number of hydrogen-bond acceptors (Lipinski definition) is 8. The number of H-pyrrole nitrogens is 1. The van der Waals surface area contributed by atoms with Crippen molar-refractivity contribution in [1.82, 2.24) is 15.3 Å². The predicted octanol–water partition coefficient (Wildman–Crippen LogP) is 4.85. The van der Waals surface area contributed by atoms with Crippen molar-refractivity contribution in [2.24, 2.45) is 0 Å². The number of nitrogens with zero attached hydrogens (tertiary/aromatic N) is 1. The lowest BCUT2D eigenvalue weighted by atomic mass is 9.92. The summed E-state index contributed by atoms with van der Waals surface area (Å²) in [5, 5.41) is 44.6. The van der Waals surface area contributed by atoms with E-state index in [1.165, 1.54) is 0 Å². The highest BCUT2D eigenvalue weighted by molar-refractivity contribution is 5.42. The maximum absolute atomic E-state index is 10.6. The molecule has 9 nitrogen and oxygen atoms in total. The molecule has 238 valence electrons. The normalized spacial score (nSPS) is 15.1. The molecule has 0 amide bonds. The molecule has 0 bridgehead atoms. The van der Waals surface area contributed by atoms with E-state index in [4.69, 9.17) is 10.5 Å². The molecule has 0 saturated carbocycles. The first kappa shape index (κ1) is 34.4. The molecule has 5 unspecified atom stereocenters. The molecule has 2 heterocycles. The summed E-state index contributed by atoms with van der Waals surface area (Å²) in [7, 11) is 0. The first-order valence-corrected chi connectivity index (χ1v) is 15.8. The Labute approximate surface area is 256 Å². The van der Waals surface area contributed by atoms with Crippen LogP contribution in [0.4, 0.5) is 5.82 Å². The molecule has 0 fully saturated rings. The van der Waals surface area contributed by atoms with Gasteiger partial charge in [-0.2, -0.15) is 0 Å². The second-order valence-corrected chi connectivity index (χ2v) is 11.8. The number of anilines is 1. The highest BCUT2D eigenvalue weighted by atomic mass is 16.5. The van der Waals surface area contributed by atoms with Gasteiger partial charge in [0.1, 0.15) is 5.82 Å². The quantitative estimate of drug-likeness (QED) is 0.0920. The fraction of sp³-hybridized carbons (Fsp3) is 0.559. The summed E-state index contributed by atoms with van der Waals surface area (Å²) in [5.41, 5.74) is 9.11. The first-order valence-electron chi connectivity index (χ1n) is 15.8. The molecular formula is C34H52N4O5. The lowest BCUT2D eigenvalue weighted by Crippen LogP contribution is -2.35.